The fourth-order valence-corrected chi connectivity index (χ4v) is 1.79. The van der Waals surface area contributed by atoms with Gasteiger partial charge in [0.1, 0.15) is 19.0 Å². The van der Waals surface area contributed by atoms with Crippen LogP contribution in [-0.4, -0.2) is 19.2 Å². The molecule has 3 rings (SSSR count). The number of benzene rings is 1. The normalized spacial score (nSPS) is 12.6. The summed E-state index contributed by atoms with van der Waals surface area (Å²) in [5.41, 5.74) is 0.545. The fourth-order valence-electron chi connectivity index (χ4n) is 1.79. The number of hydrogen-bond donors (Lipinski definition) is 0. The van der Waals surface area contributed by atoms with Gasteiger partial charge in [0, 0.05) is 5.56 Å². The average molecular weight is 260 g/mol. The van der Waals surface area contributed by atoms with Crippen molar-refractivity contribution in [2.45, 2.75) is 6.61 Å². The summed E-state index contributed by atoms with van der Waals surface area (Å²) >= 11 is 0. The minimum atomic E-state index is -0.107. The molecule has 0 atom stereocenters. The lowest BCUT2D eigenvalue weighted by Crippen LogP contribution is -2.08. The Kier molecular flexibility index (Phi) is 3.20. The molecule has 98 valence electrons. The highest BCUT2D eigenvalue weighted by Crippen LogP contribution is 2.32. The first-order valence-electron chi connectivity index (χ1n) is 5.86. The van der Waals surface area contributed by atoms with Gasteiger partial charge < -0.3 is 18.6 Å². The molecule has 1 aliphatic heterocycles. The van der Waals surface area contributed by atoms with Crippen molar-refractivity contribution in [1.29, 1.82) is 0 Å². The average Bonchev–Trinajstić information content (AvgIpc) is 3.08. The number of carbonyl (C=O) groups is 1. The molecule has 0 aliphatic carbocycles. The van der Waals surface area contributed by atoms with E-state index in [2.05, 4.69) is 0 Å². The van der Waals surface area contributed by atoms with Gasteiger partial charge in [-0.05, 0) is 30.3 Å². The summed E-state index contributed by atoms with van der Waals surface area (Å²) < 4.78 is 20.8. The van der Waals surface area contributed by atoms with Crippen molar-refractivity contribution in [1.82, 2.24) is 0 Å². The standard InChI is InChI=1S/C14H12O5/c15-12(8-16-7-11-2-1-5-17-11)10-3-4-13-14(6-10)19-9-18-13/h1-6H,7-9H2. The minimum Gasteiger partial charge on any atom is -0.467 e. The number of hydrogen-bond acceptors (Lipinski definition) is 5. The summed E-state index contributed by atoms with van der Waals surface area (Å²) in [6.07, 6.45) is 1.57. The molecule has 0 saturated heterocycles. The van der Waals surface area contributed by atoms with Crippen molar-refractivity contribution in [3.05, 3.63) is 47.9 Å². The van der Waals surface area contributed by atoms with Crippen LogP contribution in [0.25, 0.3) is 0 Å². The molecular weight excluding hydrogens is 248 g/mol. The molecule has 0 saturated carbocycles. The highest BCUT2D eigenvalue weighted by atomic mass is 16.7. The molecule has 0 spiro atoms. The van der Waals surface area contributed by atoms with E-state index in [1.807, 2.05) is 0 Å². The van der Waals surface area contributed by atoms with Gasteiger partial charge in [-0.3, -0.25) is 4.79 Å². The number of ketones is 1. The number of fused-ring (bicyclic) bond motifs is 1. The summed E-state index contributed by atoms with van der Waals surface area (Å²) in [5.74, 6) is 1.84. The Bertz CT molecular complexity index is 574. The Morgan fingerprint density at radius 2 is 2.11 bits per heavy atom. The van der Waals surface area contributed by atoms with Gasteiger partial charge >= 0.3 is 0 Å². The van der Waals surface area contributed by atoms with Gasteiger partial charge in [-0.15, -0.1) is 0 Å². The summed E-state index contributed by atoms with van der Waals surface area (Å²) in [7, 11) is 0. The predicted molar refractivity (Wildman–Crippen MR) is 65.3 cm³/mol. The number of rotatable bonds is 5. The van der Waals surface area contributed by atoms with Gasteiger partial charge in [0.05, 0.1) is 6.26 Å². The quantitative estimate of drug-likeness (QED) is 0.773. The van der Waals surface area contributed by atoms with Crippen molar-refractivity contribution in [3.8, 4) is 11.5 Å². The van der Waals surface area contributed by atoms with Crippen LogP contribution in [0.2, 0.25) is 0 Å². The van der Waals surface area contributed by atoms with E-state index in [1.54, 1.807) is 36.6 Å². The summed E-state index contributed by atoms with van der Waals surface area (Å²) in [6.45, 7) is 0.478. The van der Waals surface area contributed by atoms with Crippen molar-refractivity contribution in [2.24, 2.45) is 0 Å². The Balaban J connectivity index is 1.58. The molecule has 1 aliphatic rings. The van der Waals surface area contributed by atoms with E-state index in [0.29, 0.717) is 22.8 Å². The second-order valence-corrected chi connectivity index (χ2v) is 4.06. The molecule has 0 N–H and O–H groups in total. The fraction of sp³-hybridized carbons (Fsp3) is 0.214. The second kappa shape index (κ2) is 5.16. The van der Waals surface area contributed by atoms with Gasteiger partial charge in [-0.25, -0.2) is 0 Å². The first-order chi connectivity index (χ1) is 9.33. The zero-order chi connectivity index (χ0) is 13.1. The van der Waals surface area contributed by atoms with E-state index < -0.39 is 0 Å². The van der Waals surface area contributed by atoms with Crippen LogP contribution >= 0.6 is 0 Å². The van der Waals surface area contributed by atoms with E-state index in [0.717, 1.165) is 0 Å². The number of furan rings is 1. The van der Waals surface area contributed by atoms with Crippen LogP contribution in [0, 0.1) is 0 Å². The largest absolute Gasteiger partial charge is 0.467 e. The number of Topliss-reactive ketones (excluding diaryl/α,β-unsaturated/α-hetero) is 1. The smallest absolute Gasteiger partial charge is 0.231 e. The van der Waals surface area contributed by atoms with E-state index in [4.69, 9.17) is 18.6 Å². The van der Waals surface area contributed by atoms with Crippen molar-refractivity contribution in [2.75, 3.05) is 13.4 Å². The van der Waals surface area contributed by atoms with Crippen molar-refractivity contribution in [3.63, 3.8) is 0 Å². The SMILES string of the molecule is O=C(COCc1ccco1)c1ccc2c(c1)OCO2. The molecule has 0 amide bonds. The summed E-state index contributed by atoms with van der Waals surface area (Å²) in [5, 5.41) is 0. The van der Waals surface area contributed by atoms with E-state index >= 15 is 0 Å². The number of carbonyl (C=O) groups excluding carboxylic acids is 1. The van der Waals surface area contributed by atoms with Crippen LogP contribution in [0.15, 0.2) is 41.0 Å². The van der Waals surface area contributed by atoms with Crippen LogP contribution in [0.3, 0.4) is 0 Å². The van der Waals surface area contributed by atoms with Crippen LogP contribution in [0.4, 0.5) is 0 Å². The number of ether oxygens (including phenoxy) is 3. The monoisotopic (exact) mass is 260 g/mol. The first kappa shape index (κ1) is 11.8. The third kappa shape index (κ3) is 2.61. The maximum atomic E-state index is 11.9. The van der Waals surface area contributed by atoms with Gasteiger partial charge in [-0.2, -0.15) is 0 Å². The van der Waals surface area contributed by atoms with E-state index in [-0.39, 0.29) is 25.8 Å². The Labute approximate surface area is 109 Å². The maximum Gasteiger partial charge on any atom is 0.231 e. The highest BCUT2D eigenvalue weighted by molar-refractivity contribution is 5.97. The van der Waals surface area contributed by atoms with Gasteiger partial charge in [0.15, 0.2) is 17.3 Å². The molecule has 19 heavy (non-hydrogen) atoms. The first-order valence-corrected chi connectivity index (χ1v) is 5.86. The highest BCUT2D eigenvalue weighted by Gasteiger charge is 2.16. The Hall–Kier alpha value is -2.27. The third-order valence-electron chi connectivity index (χ3n) is 2.75. The van der Waals surface area contributed by atoms with Crippen LogP contribution in [0.5, 0.6) is 11.5 Å². The van der Waals surface area contributed by atoms with E-state index in [9.17, 15) is 4.79 Å². The summed E-state index contributed by atoms with van der Waals surface area (Å²) in [6, 6.07) is 8.67. The molecule has 2 heterocycles. The van der Waals surface area contributed by atoms with Crippen molar-refractivity contribution >= 4 is 5.78 Å². The van der Waals surface area contributed by atoms with E-state index in [1.165, 1.54) is 0 Å². The van der Waals surface area contributed by atoms with Gasteiger partial charge in [-0.1, -0.05) is 0 Å². The molecule has 2 aromatic rings. The lowest BCUT2D eigenvalue weighted by Gasteiger charge is -2.03. The molecule has 5 heteroatoms. The van der Waals surface area contributed by atoms with Crippen LogP contribution in [-0.2, 0) is 11.3 Å². The summed E-state index contributed by atoms with van der Waals surface area (Å²) in [4.78, 5) is 11.9. The molecule has 1 aromatic carbocycles. The predicted octanol–water partition coefficient (Wildman–Crippen LogP) is 2.41. The van der Waals surface area contributed by atoms with Gasteiger partial charge in [0.25, 0.3) is 0 Å². The lowest BCUT2D eigenvalue weighted by molar-refractivity contribution is 0.0691. The Morgan fingerprint density at radius 3 is 2.95 bits per heavy atom. The molecule has 0 unspecified atom stereocenters. The molecule has 0 radical (unpaired) electrons. The maximum absolute atomic E-state index is 11.9. The topological polar surface area (TPSA) is 57.9 Å². The lowest BCUT2D eigenvalue weighted by atomic mass is 10.1. The molecule has 0 fully saturated rings. The molecule has 1 aromatic heterocycles. The minimum absolute atomic E-state index is 0.000341. The second-order valence-electron chi connectivity index (χ2n) is 4.06. The van der Waals surface area contributed by atoms with Crippen molar-refractivity contribution < 1.29 is 23.4 Å². The Morgan fingerprint density at radius 1 is 1.21 bits per heavy atom. The van der Waals surface area contributed by atoms with Crippen LogP contribution < -0.4 is 9.47 Å². The van der Waals surface area contributed by atoms with Gasteiger partial charge in [0.2, 0.25) is 6.79 Å². The molecule has 0 bridgehead atoms. The zero-order valence-corrected chi connectivity index (χ0v) is 10.1. The third-order valence-corrected chi connectivity index (χ3v) is 2.75. The molecular formula is C14H12O5. The zero-order valence-electron chi connectivity index (χ0n) is 10.1. The molecule has 5 nitrogen and oxygen atoms in total. The van der Waals surface area contributed by atoms with Crippen LogP contribution in [0.1, 0.15) is 16.1 Å².